The smallest absolute Gasteiger partial charge is 0.187 e. The standard InChI is InChI=1S/C19H34O16/c1-30-14-5(2-20)32-18(12(27)9(14)24)35-16-7(4-22)33-19(13(28)10(16)25)34-15-6(3-21)31-17(29)11(26)8(15)23/h5-29H,2-4H2,1H3. The van der Waals surface area contributed by atoms with E-state index in [9.17, 15) is 51.1 Å². The zero-order chi connectivity index (χ0) is 26.0. The Kier molecular flexibility index (Phi) is 10.1. The molecule has 35 heavy (non-hydrogen) atoms. The fourth-order valence-electron chi connectivity index (χ4n) is 4.33. The van der Waals surface area contributed by atoms with Crippen molar-refractivity contribution in [3.63, 3.8) is 0 Å². The maximum atomic E-state index is 10.7. The molecule has 0 amide bonds. The lowest BCUT2D eigenvalue weighted by Gasteiger charge is -2.48. The lowest BCUT2D eigenvalue weighted by molar-refractivity contribution is -0.378. The van der Waals surface area contributed by atoms with E-state index in [2.05, 4.69) is 0 Å². The Morgan fingerprint density at radius 2 is 0.886 bits per heavy atom. The molecule has 3 aliphatic rings. The van der Waals surface area contributed by atoms with E-state index < -0.39 is 112 Å². The molecular weight excluding hydrogens is 484 g/mol. The predicted octanol–water partition coefficient (Wildman–Crippen LogP) is -6.92. The summed E-state index contributed by atoms with van der Waals surface area (Å²) in [4.78, 5) is 0. The molecule has 0 aromatic heterocycles. The highest BCUT2D eigenvalue weighted by atomic mass is 16.8. The second-order valence-corrected chi connectivity index (χ2v) is 8.54. The summed E-state index contributed by atoms with van der Waals surface area (Å²) in [7, 11) is 1.24. The predicted molar refractivity (Wildman–Crippen MR) is 106 cm³/mol. The number of ether oxygens (including phenoxy) is 6. The van der Waals surface area contributed by atoms with E-state index in [0.29, 0.717) is 0 Å². The molecule has 3 heterocycles. The third-order valence-electron chi connectivity index (χ3n) is 6.34. The maximum Gasteiger partial charge on any atom is 0.187 e. The van der Waals surface area contributed by atoms with E-state index in [1.165, 1.54) is 7.11 Å². The highest BCUT2D eigenvalue weighted by Crippen LogP contribution is 2.32. The summed E-state index contributed by atoms with van der Waals surface area (Å²) in [6.45, 7) is -2.15. The Hall–Kier alpha value is -0.640. The highest BCUT2D eigenvalue weighted by molar-refractivity contribution is 4.96. The Morgan fingerprint density at radius 3 is 1.31 bits per heavy atom. The quantitative estimate of drug-likeness (QED) is 0.143. The fourth-order valence-corrected chi connectivity index (χ4v) is 4.33. The molecule has 206 valence electrons. The topological polar surface area (TPSA) is 258 Å². The minimum absolute atomic E-state index is 0.605. The molecule has 15 atom stereocenters. The van der Waals surface area contributed by atoms with Crippen LogP contribution in [0.4, 0.5) is 0 Å². The molecule has 10 N–H and O–H groups in total. The van der Waals surface area contributed by atoms with Crippen LogP contribution in [0.5, 0.6) is 0 Å². The van der Waals surface area contributed by atoms with E-state index in [0.717, 1.165) is 0 Å². The summed E-state index contributed by atoms with van der Waals surface area (Å²) in [5.41, 5.74) is 0. The molecule has 0 aliphatic carbocycles. The SMILES string of the molecule is COC1C(CO)OC(OC2C(CO)OC(OC3C(CO)OC(O)C(O)C3O)C(O)C2O)C(O)C1O. The summed E-state index contributed by atoms with van der Waals surface area (Å²) >= 11 is 0. The van der Waals surface area contributed by atoms with Crippen LogP contribution in [0.15, 0.2) is 0 Å². The van der Waals surface area contributed by atoms with Gasteiger partial charge >= 0.3 is 0 Å². The van der Waals surface area contributed by atoms with Gasteiger partial charge in [-0.05, 0) is 0 Å². The van der Waals surface area contributed by atoms with E-state index in [4.69, 9.17) is 28.4 Å². The van der Waals surface area contributed by atoms with E-state index in [1.807, 2.05) is 0 Å². The van der Waals surface area contributed by atoms with Gasteiger partial charge in [-0.1, -0.05) is 0 Å². The van der Waals surface area contributed by atoms with Crippen LogP contribution in [0.1, 0.15) is 0 Å². The Bertz CT molecular complexity index is 650. The number of aliphatic hydroxyl groups is 10. The van der Waals surface area contributed by atoms with E-state index >= 15 is 0 Å². The van der Waals surface area contributed by atoms with Gasteiger partial charge in [0.25, 0.3) is 0 Å². The minimum Gasteiger partial charge on any atom is -0.394 e. The summed E-state index contributed by atoms with van der Waals surface area (Å²) in [6, 6.07) is 0. The monoisotopic (exact) mass is 518 g/mol. The van der Waals surface area contributed by atoms with Gasteiger partial charge in [-0.15, -0.1) is 0 Å². The number of rotatable bonds is 8. The zero-order valence-corrected chi connectivity index (χ0v) is 18.7. The maximum absolute atomic E-state index is 10.7. The van der Waals surface area contributed by atoms with Crippen molar-refractivity contribution in [2.45, 2.75) is 92.1 Å². The normalized spacial score (nSPS) is 51.3. The summed E-state index contributed by atoms with van der Waals surface area (Å²) < 4.78 is 31.8. The average Bonchev–Trinajstić information content (AvgIpc) is 2.85. The molecule has 3 fully saturated rings. The fraction of sp³-hybridized carbons (Fsp3) is 1.00. The van der Waals surface area contributed by atoms with E-state index in [1.54, 1.807) is 0 Å². The molecule has 3 rings (SSSR count). The molecule has 15 unspecified atom stereocenters. The Balaban J connectivity index is 1.72. The highest BCUT2D eigenvalue weighted by Gasteiger charge is 2.53. The van der Waals surface area contributed by atoms with Gasteiger partial charge in [0, 0.05) is 7.11 Å². The molecule has 0 spiro atoms. The van der Waals surface area contributed by atoms with Crippen molar-refractivity contribution in [1.29, 1.82) is 0 Å². The van der Waals surface area contributed by atoms with Crippen LogP contribution >= 0.6 is 0 Å². The largest absolute Gasteiger partial charge is 0.394 e. The second kappa shape index (κ2) is 12.3. The van der Waals surface area contributed by atoms with Crippen LogP contribution in [0.2, 0.25) is 0 Å². The molecule has 0 aromatic carbocycles. The van der Waals surface area contributed by atoms with Crippen molar-refractivity contribution < 1.29 is 79.5 Å². The third kappa shape index (κ3) is 5.78. The van der Waals surface area contributed by atoms with Gasteiger partial charge in [0.05, 0.1) is 19.8 Å². The van der Waals surface area contributed by atoms with Crippen molar-refractivity contribution in [3.8, 4) is 0 Å². The van der Waals surface area contributed by atoms with Crippen molar-refractivity contribution in [3.05, 3.63) is 0 Å². The molecule has 3 saturated heterocycles. The molecule has 0 bridgehead atoms. The molecular formula is C19H34O16. The molecule has 16 heteroatoms. The van der Waals surface area contributed by atoms with Crippen molar-refractivity contribution in [2.75, 3.05) is 26.9 Å². The average molecular weight is 518 g/mol. The first-order valence-corrected chi connectivity index (χ1v) is 11.0. The first kappa shape index (κ1) is 28.9. The molecule has 0 saturated carbocycles. The van der Waals surface area contributed by atoms with Crippen molar-refractivity contribution >= 4 is 0 Å². The van der Waals surface area contributed by atoms with E-state index in [-0.39, 0.29) is 0 Å². The van der Waals surface area contributed by atoms with Crippen LogP contribution in [-0.4, -0.2) is 170 Å². The molecule has 16 nitrogen and oxygen atoms in total. The van der Waals surface area contributed by atoms with Crippen LogP contribution in [0.3, 0.4) is 0 Å². The van der Waals surface area contributed by atoms with Crippen LogP contribution in [0.25, 0.3) is 0 Å². The number of hydrogen-bond donors (Lipinski definition) is 10. The minimum atomic E-state index is -1.88. The van der Waals surface area contributed by atoms with Gasteiger partial charge in [0.2, 0.25) is 0 Å². The van der Waals surface area contributed by atoms with Gasteiger partial charge in [-0.3, -0.25) is 0 Å². The molecule has 3 aliphatic heterocycles. The number of aliphatic hydroxyl groups excluding tert-OH is 10. The van der Waals surface area contributed by atoms with Gasteiger partial charge < -0.3 is 79.5 Å². The molecule has 0 aromatic rings. The van der Waals surface area contributed by atoms with Gasteiger partial charge in [0.15, 0.2) is 18.9 Å². The lowest BCUT2D eigenvalue weighted by Crippen LogP contribution is -2.66. The summed E-state index contributed by atoms with van der Waals surface area (Å²) in [5.74, 6) is 0. The van der Waals surface area contributed by atoms with Crippen molar-refractivity contribution in [1.82, 2.24) is 0 Å². The van der Waals surface area contributed by atoms with Crippen LogP contribution in [0, 0.1) is 0 Å². The first-order chi connectivity index (χ1) is 16.6. The summed E-state index contributed by atoms with van der Waals surface area (Å²) in [5, 5.41) is 100. The number of hydrogen-bond acceptors (Lipinski definition) is 16. The lowest BCUT2D eigenvalue weighted by atomic mass is 9.96. The third-order valence-corrected chi connectivity index (χ3v) is 6.34. The number of methoxy groups -OCH3 is 1. The Labute approximate surface area is 199 Å². The molecule has 0 radical (unpaired) electrons. The Morgan fingerprint density at radius 1 is 0.514 bits per heavy atom. The van der Waals surface area contributed by atoms with Crippen LogP contribution < -0.4 is 0 Å². The zero-order valence-electron chi connectivity index (χ0n) is 18.7. The van der Waals surface area contributed by atoms with Crippen LogP contribution in [-0.2, 0) is 28.4 Å². The second-order valence-electron chi connectivity index (χ2n) is 8.54. The van der Waals surface area contributed by atoms with Gasteiger partial charge in [-0.25, -0.2) is 0 Å². The first-order valence-electron chi connectivity index (χ1n) is 11.0. The van der Waals surface area contributed by atoms with Crippen molar-refractivity contribution in [2.24, 2.45) is 0 Å². The van der Waals surface area contributed by atoms with Gasteiger partial charge in [0.1, 0.15) is 73.2 Å². The van der Waals surface area contributed by atoms with Gasteiger partial charge in [-0.2, -0.15) is 0 Å². The summed E-state index contributed by atoms with van der Waals surface area (Å²) in [6.07, 6.45) is -23.7.